The molecule has 7 heteroatoms. The molecule has 0 radical (unpaired) electrons. The van der Waals surface area contributed by atoms with Gasteiger partial charge >= 0.3 is 5.97 Å². The number of ether oxygens (including phenoxy) is 1. The molecule has 0 aliphatic heterocycles. The normalized spacial score (nSPS) is 11.7. The van der Waals surface area contributed by atoms with Gasteiger partial charge < -0.3 is 10.1 Å². The highest BCUT2D eigenvalue weighted by Crippen LogP contribution is 2.21. The monoisotopic (exact) mass is 385 g/mol. The lowest BCUT2D eigenvalue weighted by molar-refractivity contribution is -0.146. The van der Waals surface area contributed by atoms with Crippen LogP contribution in [0.4, 0.5) is 0 Å². The van der Waals surface area contributed by atoms with E-state index in [2.05, 4.69) is 5.32 Å². The Hall–Kier alpha value is -1.75. The highest BCUT2D eigenvalue weighted by Gasteiger charge is 2.19. The van der Waals surface area contributed by atoms with Crippen LogP contribution in [-0.4, -0.2) is 17.9 Å². The first-order valence-electron chi connectivity index (χ1n) is 7.04. The number of esters is 1. The predicted octanol–water partition coefficient (Wildman–Crippen LogP) is 4.51. The molecule has 0 fully saturated rings. The largest absolute Gasteiger partial charge is 0.459 e. The van der Waals surface area contributed by atoms with Gasteiger partial charge in [0.25, 0.3) is 5.91 Å². The lowest BCUT2D eigenvalue weighted by Gasteiger charge is -2.14. The minimum Gasteiger partial charge on any atom is -0.459 e. The molecule has 0 aliphatic rings. The number of nitrogens with one attached hydrogen (secondary N) is 1. The number of benzene rings is 2. The first-order valence-corrected chi connectivity index (χ1v) is 8.18. The quantitative estimate of drug-likeness (QED) is 0.769. The fourth-order valence-electron chi connectivity index (χ4n) is 1.89. The van der Waals surface area contributed by atoms with Gasteiger partial charge in [-0.15, -0.1) is 0 Å². The van der Waals surface area contributed by atoms with Crippen molar-refractivity contribution in [2.75, 3.05) is 0 Å². The average molecular weight is 387 g/mol. The van der Waals surface area contributed by atoms with Crippen LogP contribution in [0.1, 0.15) is 22.8 Å². The van der Waals surface area contributed by atoms with Gasteiger partial charge in [0.1, 0.15) is 12.6 Å². The number of rotatable bonds is 5. The first kappa shape index (κ1) is 18.6. The van der Waals surface area contributed by atoms with Crippen LogP contribution in [0.2, 0.25) is 15.1 Å². The molecule has 2 rings (SSSR count). The Morgan fingerprint density at radius 1 is 1.08 bits per heavy atom. The van der Waals surface area contributed by atoms with Crippen LogP contribution in [0.3, 0.4) is 0 Å². The third-order valence-electron chi connectivity index (χ3n) is 3.20. The van der Waals surface area contributed by atoms with Crippen molar-refractivity contribution in [3.8, 4) is 0 Å². The molecule has 0 spiro atoms. The van der Waals surface area contributed by atoms with Crippen LogP contribution in [0.25, 0.3) is 0 Å². The summed E-state index contributed by atoms with van der Waals surface area (Å²) in [6.45, 7) is 1.52. The van der Waals surface area contributed by atoms with Gasteiger partial charge in [-0.05, 0) is 31.2 Å². The van der Waals surface area contributed by atoms with E-state index in [9.17, 15) is 9.59 Å². The molecule has 0 bridgehead atoms. The van der Waals surface area contributed by atoms with Gasteiger partial charge in [-0.1, -0.05) is 53.0 Å². The van der Waals surface area contributed by atoms with E-state index in [4.69, 9.17) is 39.5 Å². The summed E-state index contributed by atoms with van der Waals surface area (Å²) in [5.41, 5.74) is 0.915. The molecule has 4 nitrogen and oxygen atoms in total. The number of carbonyl (C=O) groups is 2. The van der Waals surface area contributed by atoms with Gasteiger partial charge in [0, 0.05) is 15.6 Å². The van der Waals surface area contributed by atoms with Crippen molar-refractivity contribution in [3.63, 3.8) is 0 Å². The predicted molar refractivity (Wildman–Crippen MR) is 94.6 cm³/mol. The molecule has 1 atom stereocenters. The van der Waals surface area contributed by atoms with E-state index in [-0.39, 0.29) is 6.61 Å². The molecule has 126 valence electrons. The molecule has 0 unspecified atom stereocenters. The van der Waals surface area contributed by atoms with Crippen molar-refractivity contribution in [3.05, 3.63) is 68.7 Å². The number of amides is 1. The summed E-state index contributed by atoms with van der Waals surface area (Å²) in [5, 5.41) is 3.75. The van der Waals surface area contributed by atoms with E-state index in [1.165, 1.54) is 6.92 Å². The average Bonchev–Trinajstić information content (AvgIpc) is 2.54. The smallest absolute Gasteiger partial charge is 0.328 e. The van der Waals surface area contributed by atoms with Crippen LogP contribution in [0, 0.1) is 0 Å². The summed E-state index contributed by atoms with van der Waals surface area (Å²) in [7, 11) is 0. The summed E-state index contributed by atoms with van der Waals surface area (Å²) in [5.74, 6) is -1.03. The number of hydrogen-bond donors (Lipinski definition) is 1. The standard InChI is InChI=1S/C17H14Cl3NO3/c1-10(21-16(22)13-4-2-3-5-14(13)19)17(23)24-9-11-6-7-12(18)8-15(11)20/h2-8,10H,9H2,1H3,(H,21,22)/t10-/m0/s1. The molecule has 2 aromatic carbocycles. The van der Waals surface area contributed by atoms with Gasteiger partial charge in [-0.25, -0.2) is 4.79 Å². The van der Waals surface area contributed by atoms with Crippen LogP contribution >= 0.6 is 34.8 Å². The number of carbonyl (C=O) groups excluding carboxylic acids is 2. The molecule has 0 aromatic heterocycles. The Labute approximate surface area is 154 Å². The summed E-state index contributed by atoms with van der Waals surface area (Å²) >= 11 is 17.8. The van der Waals surface area contributed by atoms with Crippen molar-refractivity contribution >= 4 is 46.7 Å². The third kappa shape index (κ3) is 4.87. The summed E-state index contributed by atoms with van der Waals surface area (Å²) in [4.78, 5) is 24.1. The van der Waals surface area contributed by atoms with Gasteiger partial charge in [0.2, 0.25) is 0 Å². The summed E-state index contributed by atoms with van der Waals surface area (Å²) < 4.78 is 5.16. The molecule has 0 aliphatic carbocycles. The zero-order valence-corrected chi connectivity index (χ0v) is 15.0. The van der Waals surface area contributed by atoms with E-state index in [0.717, 1.165) is 0 Å². The lowest BCUT2D eigenvalue weighted by Crippen LogP contribution is -2.39. The fourth-order valence-corrected chi connectivity index (χ4v) is 2.58. The molecular weight excluding hydrogens is 373 g/mol. The Morgan fingerprint density at radius 3 is 2.46 bits per heavy atom. The van der Waals surface area contributed by atoms with Crippen LogP contribution in [-0.2, 0) is 16.1 Å². The van der Waals surface area contributed by atoms with Crippen LogP contribution in [0.5, 0.6) is 0 Å². The van der Waals surface area contributed by atoms with Crippen molar-refractivity contribution in [2.45, 2.75) is 19.6 Å². The molecule has 2 aromatic rings. The summed E-state index contributed by atoms with van der Waals surface area (Å²) in [6, 6.07) is 10.6. The number of hydrogen-bond acceptors (Lipinski definition) is 3. The van der Waals surface area contributed by atoms with Gasteiger partial charge in [0.15, 0.2) is 0 Å². The van der Waals surface area contributed by atoms with E-state index in [1.807, 2.05) is 0 Å². The minimum absolute atomic E-state index is 0.0128. The zero-order valence-electron chi connectivity index (χ0n) is 12.7. The zero-order chi connectivity index (χ0) is 17.7. The Kier molecular flexibility index (Phi) is 6.49. The van der Waals surface area contributed by atoms with E-state index < -0.39 is 17.9 Å². The topological polar surface area (TPSA) is 55.4 Å². The van der Waals surface area contributed by atoms with Crippen molar-refractivity contribution in [1.29, 1.82) is 0 Å². The third-order valence-corrected chi connectivity index (χ3v) is 4.12. The summed E-state index contributed by atoms with van der Waals surface area (Å²) in [6.07, 6.45) is 0. The highest BCUT2D eigenvalue weighted by atomic mass is 35.5. The van der Waals surface area contributed by atoms with Crippen molar-refractivity contribution in [1.82, 2.24) is 5.32 Å². The second-order valence-electron chi connectivity index (χ2n) is 5.02. The maximum absolute atomic E-state index is 12.1. The molecular formula is C17H14Cl3NO3. The minimum atomic E-state index is -0.833. The Morgan fingerprint density at radius 2 is 1.79 bits per heavy atom. The van der Waals surface area contributed by atoms with Gasteiger partial charge in [-0.2, -0.15) is 0 Å². The van der Waals surface area contributed by atoms with Gasteiger partial charge in [-0.3, -0.25) is 4.79 Å². The maximum atomic E-state index is 12.1. The highest BCUT2D eigenvalue weighted by molar-refractivity contribution is 6.35. The second-order valence-corrected chi connectivity index (χ2v) is 6.27. The molecule has 1 amide bonds. The van der Waals surface area contributed by atoms with Crippen LogP contribution < -0.4 is 5.32 Å². The SMILES string of the molecule is C[C@H](NC(=O)c1ccccc1Cl)C(=O)OCc1ccc(Cl)cc1Cl. The van der Waals surface area contributed by atoms with Crippen molar-refractivity contribution < 1.29 is 14.3 Å². The molecule has 0 heterocycles. The van der Waals surface area contributed by atoms with Crippen molar-refractivity contribution in [2.24, 2.45) is 0 Å². The number of halogens is 3. The molecule has 24 heavy (non-hydrogen) atoms. The lowest BCUT2D eigenvalue weighted by atomic mass is 10.2. The van der Waals surface area contributed by atoms with E-state index in [0.29, 0.717) is 26.2 Å². The van der Waals surface area contributed by atoms with E-state index in [1.54, 1.807) is 42.5 Å². The van der Waals surface area contributed by atoms with E-state index >= 15 is 0 Å². The maximum Gasteiger partial charge on any atom is 0.328 e. The second kappa shape index (κ2) is 8.38. The van der Waals surface area contributed by atoms with Crippen LogP contribution in [0.15, 0.2) is 42.5 Å². The molecule has 0 saturated heterocycles. The molecule has 1 N–H and O–H groups in total. The van der Waals surface area contributed by atoms with Gasteiger partial charge in [0.05, 0.1) is 10.6 Å². The Balaban J connectivity index is 1.92. The first-order chi connectivity index (χ1) is 11.4. The molecule has 0 saturated carbocycles. The Bertz CT molecular complexity index is 764. The fraction of sp³-hybridized carbons (Fsp3) is 0.176.